The molecule has 2 fully saturated rings. The molecule has 0 radical (unpaired) electrons. The Hall–Kier alpha value is -0.663. The maximum absolute atomic E-state index is 12.3. The number of carbonyl (C=O) groups excluding carboxylic acids is 1. The van der Waals surface area contributed by atoms with Crippen LogP contribution in [0.15, 0.2) is 0 Å². The van der Waals surface area contributed by atoms with Crippen molar-refractivity contribution in [2.45, 2.75) is 91.5 Å². The first kappa shape index (κ1) is 19.7. The molecule has 0 heterocycles. The SMILES string of the molecule is CC1(C)[C@@H](O[Si](C)(C)C(C)(C)C)CC[C@]2(C)[C@@H]1CC(=O)C[C@@H]2C#N. The molecule has 0 amide bonds. The summed E-state index contributed by atoms with van der Waals surface area (Å²) in [5.74, 6) is 0.348. The predicted molar refractivity (Wildman–Crippen MR) is 100 cm³/mol. The number of hydrogen-bond donors (Lipinski definition) is 0. The van der Waals surface area contributed by atoms with Gasteiger partial charge in [0.2, 0.25) is 0 Å². The molecule has 2 aliphatic carbocycles. The Morgan fingerprint density at radius 2 is 1.79 bits per heavy atom. The summed E-state index contributed by atoms with van der Waals surface area (Å²) < 4.78 is 6.80. The number of rotatable bonds is 2. The summed E-state index contributed by atoms with van der Waals surface area (Å²) in [4.78, 5) is 12.3. The molecule has 0 aromatic rings. The molecule has 0 bridgehead atoms. The van der Waals surface area contributed by atoms with Crippen molar-refractivity contribution in [2.75, 3.05) is 0 Å². The monoisotopic (exact) mass is 349 g/mol. The van der Waals surface area contributed by atoms with Crippen LogP contribution in [-0.2, 0) is 9.22 Å². The van der Waals surface area contributed by atoms with E-state index in [9.17, 15) is 10.1 Å². The van der Waals surface area contributed by atoms with Crippen LogP contribution in [0.5, 0.6) is 0 Å². The second kappa shape index (κ2) is 5.95. The predicted octanol–water partition coefficient (Wildman–Crippen LogP) is 5.32. The number of nitrogens with zero attached hydrogens (tertiary/aromatic N) is 1. The van der Waals surface area contributed by atoms with Gasteiger partial charge in [-0.2, -0.15) is 5.26 Å². The highest BCUT2D eigenvalue weighted by Gasteiger charge is 2.58. The van der Waals surface area contributed by atoms with Crippen LogP contribution in [0.1, 0.15) is 67.2 Å². The molecule has 4 heteroatoms. The van der Waals surface area contributed by atoms with Gasteiger partial charge in [-0.05, 0) is 47.7 Å². The Morgan fingerprint density at radius 3 is 2.29 bits per heavy atom. The molecule has 0 aromatic carbocycles. The molecule has 0 aliphatic heterocycles. The summed E-state index contributed by atoms with van der Waals surface area (Å²) in [7, 11) is -1.85. The number of ketones is 1. The first-order chi connectivity index (χ1) is 10.8. The normalized spacial score (nSPS) is 36.8. The average molecular weight is 350 g/mol. The van der Waals surface area contributed by atoms with E-state index in [-0.39, 0.29) is 39.6 Å². The molecule has 3 nitrogen and oxygen atoms in total. The highest BCUT2D eigenvalue weighted by Crippen LogP contribution is 2.60. The van der Waals surface area contributed by atoms with Gasteiger partial charge in [-0.3, -0.25) is 4.79 Å². The summed E-state index contributed by atoms with van der Waals surface area (Å²) >= 11 is 0. The fourth-order valence-electron chi connectivity index (χ4n) is 4.68. The van der Waals surface area contributed by atoms with E-state index in [1.807, 2.05) is 0 Å². The van der Waals surface area contributed by atoms with Crippen LogP contribution in [0, 0.1) is 34.0 Å². The number of carbonyl (C=O) groups is 1. The molecule has 0 spiro atoms. The summed E-state index contributed by atoms with van der Waals surface area (Å²) in [5.41, 5.74) is -0.132. The highest BCUT2D eigenvalue weighted by atomic mass is 28.4. The third-order valence-electron chi connectivity index (χ3n) is 7.53. The number of hydrogen-bond acceptors (Lipinski definition) is 3. The maximum atomic E-state index is 12.3. The van der Waals surface area contributed by atoms with Crippen molar-refractivity contribution < 1.29 is 9.22 Å². The molecule has 0 aromatic heterocycles. The molecule has 2 rings (SSSR count). The van der Waals surface area contributed by atoms with Gasteiger partial charge in [0.15, 0.2) is 8.32 Å². The van der Waals surface area contributed by atoms with Gasteiger partial charge in [-0.25, -0.2) is 0 Å². The van der Waals surface area contributed by atoms with Crippen molar-refractivity contribution in [1.82, 2.24) is 0 Å². The highest BCUT2D eigenvalue weighted by molar-refractivity contribution is 6.74. The zero-order valence-corrected chi connectivity index (χ0v) is 17.8. The lowest BCUT2D eigenvalue weighted by Crippen LogP contribution is -2.58. The first-order valence-corrected chi connectivity index (χ1v) is 12.3. The van der Waals surface area contributed by atoms with Gasteiger partial charge in [0, 0.05) is 12.8 Å². The summed E-state index contributed by atoms with van der Waals surface area (Å²) in [6.45, 7) is 18.2. The molecule has 2 saturated carbocycles. The van der Waals surface area contributed by atoms with Crippen LogP contribution in [0.3, 0.4) is 0 Å². The van der Waals surface area contributed by atoms with Gasteiger partial charge in [0.1, 0.15) is 5.78 Å². The average Bonchev–Trinajstić information content (AvgIpc) is 2.42. The Kier molecular flexibility index (Phi) is 4.87. The van der Waals surface area contributed by atoms with Gasteiger partial charge in [0.25, 0.3) is 0 Å². The minimum Gasteiger partial charge on any atom is -0.413 e. The van der Waals surface area contributed by atoms with Crippen molar-refractivity contribution in [3.05, 3.63) is 0 Å². The van der Waals surface area contributed by atoms with Gasteiger partial charge in [-0.15, -0.1) is 0 Å². The molecule has 2 aliphatic rings. The molecule has 0 N–H and O–H groups in total. The van der Waals surface area contributed by atoms with E-state index < -0.39 is 8.32 Å². The van der Waals surface area contributed by atoms with Crippen molar-refractivity contribution in [3.63, 3.8) is 0 Å². The Labute approximate surface area is 149 Å². The van der Waals surface area contributed by atoms with Crippen LogP contribution in [0.4, 0.5) is 0 Å². The fourth-order valence-corrected chi connectivity index (χ4v) is 6.17. The standard InChI is InChI=1S/C20H35NO2Si/c1-18(2,3)24(7,8)23-17-9-10-20(6)14(13-21)11-15(22)12-16(20)19(17,4)5/h14,16-17H,9-12H2,1-8H3/t14-,16-,17+,20+/m1/s1. The molecule has 0 saturated heterocycles. The van der Waals surface area contributed by atoms with Crippen LogP contribution in [0.25, 0.3) is 0 Å². The lowest BCUT2D eigenvalue weighted by molar-refractivity contribution is -0.147. The lowest BCUT2D eigenvalue weighted by atomic mass is 9.47. The van der Waals surface area contributed by atoms with Crippen molar-refractivity contribution in [1.29, 1.82) is 5.26 Å². The summed E-state index contributed by atoms with van der Waals surface area (Å²) in [6.07, 6.45) is 3.22. The van der Waals surface area contributed by atoms with Crippen molar-refractivity contribution in [2.24, 2.45) is 22.7 Å². The second-order valence-corrected chi connectivity index (χ2v) is 15.2. The van der Waals surface area contributed by atoms with Gasteiger partial charge >= 0.3 is 0 Å². The smallest absolute Gasteiger partial charge is 0.192 e. The Bertz CT molecular complexity index is 555. The molecule has 24 heavy (non-hydrogen) atoms. The van der Waals surface area contributed by atoms with E-state index in [0.717, 1.165) is 12.8 Å². The first-order valence-electron chi connectivity index (χ1n) is 9.35. The van der Waals surface area contributed by atoms with Crippen LogP contribution >= 0.6 is 0 Å². The zero-order chi connectivity index (χ0) is 18.6. The maximum Gasteiger partial charge on any atom is 0.192 e. The van der Waals surface area contributed by atoms with Crippen molar-refractivity contribution >= 4 is 14.1 Å². The lowest BCUT2D eigenvalue weighted by Gasteiger charge is -2.59. The largest absolute Gasteiger partial charge is 0.413 e. The number of fused-ring (bicyclic) bond motifs is 1. The van der Waals surface area contributed by atoms with E-state index in [2.05, 4.69) is 60.7 Å². The van der Waals surface area contributed by atoms with Crippen LogP contribution < -0.4 is 0 Å². The fraction of sp³-hybridized carbons (Fsp3) is 0.900. The minimum absolute atomic E-state index is 0.0561. The van der Waals surface area contributed by atoms with E-state index in [0.29, 0.717) is 12.8 Å². The minimum atomic E-state index is -1.85. The van der Waals surface area contributed by atoms with E-state index >= 15 is 0 Å². The molecular formula is C20H35NO2Si. The molecular weight excluding hydrogens is 314 g/mol. The third kappa shape index (κ3) is 3.10. The van der Waals surface area contributed by atoms with E-state index in [4.69, 9.17) is 4.43 Å². The number of Topliss-reactive ketones (excluding diaryl/α,β-unsaturated/α-hetero) is 1. The van der Waals surface area contributed by atoms with Gasteiger partial charge in [0.05, 0.1) is 18.1 Å². The van der Waals surface area contributed by atoms with Crippen LogP contribution in [0.2, 0.25) is 18.1 Å². The van der Waals surface area contributed by atoms with Gasteiger partial charge < -0.3 is 4.43 Å². The van der Waals surface area contributed by atoms with E-state index in [1.54, 1.807) is 0 Å². The summed E-state index contributed by atoms with van der Waals surface area (Å²) in [5, 5.41) is 9.80. The third-order valence-corrected chi connectivity index (χ3v) is 12.0. The topological polar surface area (TPSA) is 50.1 Å². The summed E-state index contributed by atoms with van der Waals surface area (Å²) in [6, 6.07) is 2.45. The number of nitriles is 1. The quantitative estimate of drug-likeness (QED) is 0.634. The molecule has 136 valence electrons. The molecule has 4 atom stereocenters. The van der Waals surface area contributed by atoms with Gasteiger partial charge in [-0.1, -0.05) is 41.5 Å². The molecule has 0 unspecified atom stereocenters. The van der Waals surface area contributed by atoms with Crippen molar-refractivity contribution in [3.8, 4) is 6.07 Å². The zero-order valence-electron chi connectivity index (χ0n) is 16.8. The Morgan fingerprint density at radius 1 is 1.21 bits per heavy atom. The Balaban J connectivity index is 2.33. The van der Waals surface area contributed by atoms with Crippen LogP contribution in [-0.4, -0.2) is 20.2 Å². The second-order valence-electron chi connectivity index (χ2n) is 10.4. The van der Waals surface area contributed by atoms with E-state index in [1.165, 1.54) is 0 Å².